The summed E-state index contributed by atoms with van der Waals surface area (Å²) >= 11 is 5.01. The van der Waals surface area contributed by atoms with E-state index in [1.807, 2.05) is 49.4 Å². The first kappa shape index (κ1) is 14.9. The minimum atomic E-state index is -0.177. The van der Waals surface area contributed by atoms with Crippen LogP contribution in [0.2, 0.25) is 0 Å². The molecule has 0 radical (unpaired) electrons. The summed E-state index contributed by atoms with van der Waals surface area (Å²) < 4.78 is 1.98. The van der Waals surface area contributed by atoms with E-state index in [2.05, 4.69) is 26.2 Å². The van der Waals surface area contributed by atoms with E-state index in [0.29, 0.717) is 0 Å². The molecule has 0 spiro atoms. The van der Waals surface area contributed by atoms with Crippen LogP contribution in [0.1, 0.15) is 10.6 Å². The molecule has 0 aliphatic heterocycles. The molecule has 1 N–H and O–H groups in total. The summed E-state index contributed by atoms with van der Waals surface area (Å²) in [5, 5.41) is 3.66. The molecule has 2 aromatic carbocycles. The van der Waals surface area contributed by atoms with E-state index < -0.39 is 0 Å². The maximum Gasteiger partial charge on any atom is 0.248 e. The topological polar surface area (TPSA) is 42.0 Å². The molecule has 0 bridgehead atoms. The van der Waals surface area contributed by atoms with Gasteiger partial charge in [0.25, 0.3) is 0 Å². The highest BCUT2D eigenvalue weighted by molar-refractivity contribution is 9.10. The molecule has 22 heavy (non-hydrogen) atoms. The Labute approximate surface area is 140 Å². The van der Waals surface area contributed by atoms with Crippen molar-refractivity contribution < 1.29 is 4.79 Å². The van der Waals surface area contributed by atoms with Crippen LogP contribution in [0.15, 0.2) is 53.0 Å². The van der Waals surface area contributed by atoms with Crippen LogP contribution in [-0.2, 0) is 4.79 Å². The number of halogens is 1. The van der Waals surface area contributed by atoms with Gasteiger partial charge in [0.2, 0.25) is 5.91 Å². The number of nitrogens with one attached hydrogen (secondary N) is 1. The standard InChI is InChI=1S/C17H13BrN2OS/c1-11-6-7-13(12(18)10-11)19-16(21)8-9-17-20-14-4-2-3-5-15(14)22-17/h2-10H,1H3,(H,19,21)/b9-8+. The third-order valence-corrected chi connectivity index (χ3v) is 4.73. The zero-order valence-electron chi connectivity index (χ0n) is 11.8. The van der Waals surface area contributed by atoms with E-state index in [9.17, 15) is 4.79 Å². The molecule has 1 aromatic heterocycles. The SMILES string of the molecule is Cc1ccc(NC(=O)/C=C/c2nc3ccccc3s2)c(Br)c1. The number of thiazole rings is 1. The van der Waals surface area contributed by atoms with Gasteiger partial charge in [0.05, 0.1) is 15.9 Å². The Bertz CT molecular complexity index is 837. The molecule has 1 amide bonds. The summed E-state index contributed by atoms with van der Waals surface area (Å²) in [6, 6.07) is 13.7. The van der Waals surface area contributed by atoms with Crippen LogP contribution in [0.25, 0.3) is 16.3 Å². The molecule has 0 atom stereocenters. The second-order valence-corrected chi connectivity index (χ2v) is 6.74. The van der Waals surface area contributed by atoms with Crippen LogP contribution in [0.3, 0.4) is 0 Å². The average Bonchev–Trinajstić information content (AvgIpc) is 2.91. The molecule has 3 nitrogen and oxygen atoms in total. The van der Waals surface area contributed by atoms with E-state index in [4.69, 9.17) is 0 Å². The van der Waals surface area contributed by atoms with Crippen molar-refractivity contribution in [2.24, 2.45) is 0 Å². The highest BCUT2D eigenvalue weighted by atomic mass is 79.9. The van der Waals surface area contributed by atoms with Crippen LogP contribution in [0.4, 0.5) is 5.69 Å². The Morgan fingerprint density at radius 2 is 2.09 bits per heavy atom. The molecule has 3 rings (SSSR count). The lowest BCUT2D eigenvalue weighted by Crippen LogP contribution is -2.08. The lowest BCUT2D eigenvalue weighted by molar-refractivity contribution is -0.111. The maximum absolute atomic E-state index is 12.0. The Hall–Kier alpha value is -1.98. The monoisotopic (exact) mass is 372 g/mol. The number of hydrogen-bond acceptors (Lipinski definition) is 3. The van der Waals surface area contributed by atoms with Gasteiger partial charge in [-0.15, -0.1) is 11.3 Å². The largest absolute Gasteiger partial charge is 0.321 e. The van der Waals surface area contributed by atoms with E-state index in [0.717, 1.165) is 30.9 Å². The fourth-order valence-corrected chi connectivity index (χ4v) is 3.47. The van der Waals surface area contributed by atoms with Crippen molar-refractivity contribution in [2.75, 3.05) is 5.32 Å². The Morgan fingerprint density at radius 1 is 1.27 bits per heavy atom. The van der Waals surface area contributed by atoms with Crippen LogP contribution in [0.5, 0.6) is 0 Å². The van der Waals surface area contributed by atoms with Gasteiger partial charge < -0.3 is 5.32 Å². The zero-order chi connectivity index (χ0) is 15.5. The van der Waals surface area contributed by atoms with E-state index >= 15 is 0 Å². The lowest BCUT2D eigenvalue weighted by Gasteiger charge is -2.05. The number of rotatable bonds is 3. The smallest absolute Gasteiger partial charge is 0.248 e. The number of carbonyl (C=O) groups excluding carboxylic acids is 1. The number of aromatic nitrogens is 1. The molecule has 0 aliphatic carbocycles. The van der Waals surface area contributed by atoms with E-state index in [-0.39, 0.29) is 5.91 Å². The lowest BCUT2D eigenvalue weighted by atomic mass is 10.2. The van der Waals surface area contributed by atoms with E-state index in [1.54, 1.807) is 17.4 Å². The van der Waals surface area contributed by atoms with Gasteiger partial charge in [-0.1, -0.05) is 18.2 Å². The zero-order valence-corrected chi connectivity index (χ0v) is 14.2. The van der Waals surface area contributed by atoms with Crippen molar-refractivity contribution in [1.29, 1.82) is 0 Å². The summed E-state index contributed by atoms with van der Waals surface area (Å²) in [4.78, 5) is 16.5. The molecular formula is C17H13BrN2OS. The Balaban J connectivity index is 1.73. The van der Waals surface area contributed by atoms with Gasteiger partial charge in [0, 0.05) is 10.5 Å². The molecule has 0 unspecified atom stereocenters. The summed E-state index contributed by atoms with van der Waals surface area (Å²) in [5.74, 6) is -0.177. The molecule has 0 saturated heterocycles. The van der Waals surface area contributed by atoms with Crippen LogP contribution in [0, 0.1) is 6.92 Å². The summed E-state index contributed by atoms with van der Waals surface area (Å²) in [7, 11) is 0. The number of benzene rings is 2. The van der Waals surface area contributed by atoms with Gasteiger partial charge in [-0.05, 0) is 58.8 Å². The summed E-state index contributed by atoms with van der Waals surface area (Å²) in [6.45, 7) is 2.00. The predicted octanol–water partition coefficient (Wildman–Crippen LogP) is 5.02. The fraction of sp³-hybridized carbons (Fsp3) is 0.0588. The minimum Gasteiger partial charge on any atom is -0.321 e. The van der Waals surface area contributed by atoms with Gasteiger partial charge in [-0.3, -0.25) is 4.79 Å². The second kappa shape index (κ2) is 6.42. The molecular weight excluding hydrogens is 360 g/mol. The van der Waals surface area contributed by atoms with Crippen LogP contribution < -0.4 is 5.32 Å². The number of amides is 1. The molecule has 110 valence electrons. The highest BCUT2D eigenvalue weighted by Gasteiger charge is 2.04. The molecule has 0 saturated carbocycles. The van der Waals surface area contributed by atoms with Crippen molar-refractivity contribution in [3.63, 3.8) is 0 Å². The normalized spacial score (nSPS) is 11.2. The van der Waals surface area contributed by atoms with Gasteiger partial charge >= 0.3 is 0 Å². The van der Waals surface area contributed by atoms with Crippen molar-refractivity contribution in [3.05, 3.63) is 63.6 Å². The van der Waals surface area contributed by atoms with Crippen LogP contribution >= 0.6 is 27.3 Å². The van der Waals surface area contributed by atoms with Crippen molar-refractivity contribution >= 4 is 55.2 Å². The van der Waals surface area contributed by atoms with Gasteiger partial charge in [0.15, 0.2) is 0 Å². The van der Waals surface area contributed by atoms with Crippen molar-refractivity contribution in [3.8, 4) is 0 Å². The number of nitrogens with zero attached hydrogens (tertiary/aromatic N) is 1. The quantitative estimate of drug-likeness (QED) is 0.655. The Kier molecular flexibility index (Phi) is 4.36. The molecule has 3 aromatic rings. The number of fused-ring (bicyclic) bond motifs is 1. The van der Waals surface area contributed by atoms with Crippen molar-refractivity contribution in [1.82, 2.24) is 4.98 Å². The fourth-order valence-electron chi connectivity index (χ4n) is 2.00. The third kappa shape index (κ3) is 3.43. The highest BCUT2D eigenvalue weighted by Crippen LogP contribution is 2.24. The van der Waals surface area contributed by atoms with Gasteiger partial charge in [-0.2, -0.15) is 0 Å². The average molecular weight is 373 g/mol. The minimum absolute atomic E-state index is 0.177. The number of carbonyl (C=O) groups is 1. The second-order valence-electron chi connectivity index (χ2n) is 4.83. The predicted molar refractivity (Wildman–Crippen MR) is 96.2 cm³/mol. The van der Waals surface area contributed by atoms with Crippen molar-refractivity contribution in [2.45, 2.75) is 6.92 Å². The number of anilines is 1. The molecule has 5 heteroatoms. The summed E-state index contributed by atoms with van der Waals surface area (Å²) in [6.07, 6.45) is 3.24. The number of aryl methyl sites for hydroxylation is 1. The maximum atomic E-state index is 12.0. The van der Waals surface area contributed by atoms with Gasteiger partial charge in [-0.25, -0.2) is 4.98 Å². The Morgan fingerprint density at radius 3 is 2.86 bits per heavy atom. The molecule has 0 aliphatic rings. The van der Waals surface area contributed by atoms with Crippen LogP contribution in [-0.4, -0.2) is 10.9 Å². The third-order valence-electron chi connectivity index (χ3n) is 3.07. The molecule has 1 heterocycles. The first-order valence-electron chi connectivity index (χ1n) is 6.72. The number of para-hydroxylation sites is 1. The summed E-state index contributed by atoms with van der Waals surface area (Å²) in [5.41, 5.74) is 2.84. The van der Waals surface area contributed by atoms with E-state index in [1.165, 1.54) is 6.08 Å². The first-order valence-corrected chi connectivity index (χ1v) is 8.33. The number of hydrogen-bond donors (Lipinski definition) is 1. The first-order chi connectivity index (χ1) is 10.6. The van der Waals surface area contributed by atoms with Gasteiger partial charge in [0.1, 0.15) is 5.01 Å². The molecule has 0 fully saturated rings.